The van der Waals surface area contributed by atoms with Crippen molar-refractivity contribution in [1.82, 2.24) is 15.6 Å². The van der Waals surface area contributed by atoms with Crippen LogP contribution in [0.1, 0.15) is 23.7 Å². The molecular formula is C18H24FIN4O. The lowest BCUT2D eigenvalue weighted by Crippen LogP contribution is -2.36. The van der Waals surface area contributed by atoms with Gasteiger partial charge in [0.25, 0.3) is 0 Å². The Bertz CT molecular complexity index is 709. The number of ether oxygens (including phenoxy) is 1. The highest BCUT2D eigenvalue weighted by atomic mass is 127. The number of hydrogen-bond acceptors (Lipinski definition) is 3. The van der Waals surface area contributed by atoms with Gasteiger partial charge >= 0.3 is 0 Å². The first-order chi connectivity index (χ1) is 11.6. The van der Waals surface area contributed by atoms with Gasteiger partial charge in [-0.3, -0.25) is 9.98 Å². The molecule has 7 heteroatoms. The fourth-order valence-corrected chi connectivity index (χ4v) is 2.21. The van der Waals surface area contributed by atoms with Crippen molar-refractivity contribution >= 4 is 29.9 Å². The van der Waals surface area contributed by atoms with Crippen molar-refractivity contribution in [2.45, 2.75) is 26.9 Å². The number of aromatic nitrogens is 1. The molecule has 136 valence electrons. The summed E-state index contributed by atoms with van der Waals surface area (Å²) < 4.78 is 19.3. The number of rotatable bonds is 6. The van der Waals surface area contributed by atoms with Gasteiger partial charge in [-0.25, -0.2) is 4.39 Å². The average Bonchev–Trinajstić information content (AvgIpc) is 2.58. The van der Waals surface area contributed by atoms with Gasteiger partial charge in [0.1, 0.15) is 11.6 Å². The summed E-state index contributed by atoms with van der Waals surface area (Å²) in [4.78, 5) is 8.16. The monoisotopic (exact) mass is 458 g/mol. The summed E-state index contributed by atoms with van der Waals surface area (Å²) in [7, 11) is 1.67. The summed E-state index contributed by atoms with van der Waals surface area (Å²) in [5.74, 6) is 1.09. The molecule has 0 spiro atoms. The zero-order chi connectivity index (χ0) is 17.4. The third kappa shape index (κ3) is 6.49. The zero-order valence-corrected chi connectivity index (χ0v) is 17.0. The third-order valence-corrected chi connectivity index (χ3v) is 3.45. The lowest BCUT2D eigenvalue weighted by atomic mass is 10.1. The number of nitrogens with zero attached hydrogens (tertiary/aromatic N) is 2. The van der Waals surface area contributed by atoms with Crippen LogP contribution in [-0.2, 0) is 13.1 Å². The predicted octanol–water partition coefficient (Wildman–Crippen LogP) is 3.41. The summed E-state index contributed by atoms with van der Waals surface area (Å²) in [5.41, 5.74) is 2.54. The van der Waals surface area contributed by atoms with Crippen LogP contribution < -0.4 is 15.4 Å². The minimum absolute atomic E-state index is 0. The average molecular weight is 458 g/mol. The molecule has 0 aliphatic carbocycles. The molecule has 2 rings (SSSR count). The molecule has 0 aliphatic heterocycles. The highest BCUT2D eigenvalue weighted by Crippen LogP contribution is 2.20. The lowest BCUT2D eigenvalue weighted by Gasteiger charge is -2.15. The van der Waals surface area contributed by atoms with E-state index in [2.05, 4.69) is 20.6 Å². The quantitative estimate of drug-likeness (QED) is 0.396. The van der Waals surface area contributed by atoms with E-state index >= 15 is 0 Å². The van der Waals surface area contributed by atoms with E-state index in [1.807, 2.05) is 32.0 Å². The number of aliphatic imine (C=N–C) groups is 1. The number of halogens is 2. The van der Waals surface area contributed by atoms with Gasteiger partial charge in [0.05, 0.1) is 18.8 Å². The summed E-state index contributed by atoms with van der Waals surface area (Å²) in [6.07, 6.45) is 1.57. The van der Waals surface area contributed by atoms with Crippen LogP contribution in [0.3, 0.4) is 0 Å². The van der Waals surface area contributed by atoms with Crippen molar-refractivity contribution in [3.8, 4) is 5.75 Å². The first-order valence-electron chi connectivity index (χ1n) is 7.90. The standard InChI is InChI=1S/C18H23FN4O.HI/c1-4-24-17-10-13(2)7-8-14(17)11-22-18(20-3)23-12-16-15(19)6-5-9-21-16;/h5-10H,4,11-12H2,1-3H3,(H2,20,22,23);1H. The van der Waals surface area contributed by atoms with E-state index < -0.39 is 0 Å². The van der Waals surface area contributed by atoms with Crippen LogP contribution in [0.15, 0.2) is 41.5 Å². The molecular weight excluding hydrogens is 434 g/mol. The van der Waals surface area contributed by atoms with E-state index in [0.29, 0.717) is 24.8 Å². The third-order valence-electron chi connectivity index (χ3n) is 3.45. The molecule has 25 heavy (non-hydrogen) atoms. The Labute approximate surface area is 165 Å². The summed E-state index contributed by atoms with van der Waals surface area (Å²) in [6.45, 7) is 5.42. The number of nitrogens with one attached hydrogen (secondary N) is 2. The van der Waals surface area contributed by atoms with Gasteiger partial charge < -0.3 is 15.4 Å². The Kier molecular flexibility index (Phi) is 9.18. The van der Waals surface area contributed by atoms with Gasteiger partial charge in [-0.1, -0.05) is 12.1 Å². The van der Waals surface area contributed by atoms with Gasteiger partial charge in [0.2, 0.25) is 0 Å². The Morgan fingerprint density at radius 1 is 1.24 bits per heavy atom. The molecule has 0 aliphatic rings. The maximum atomic E-state index is 13.6. The smallest absolute Gasteiger partial charge is 0.191 e. The van der Waals surface area contributed by atoms with Crippen molar-refractivity contribution < 1.29 is 9.13 Å². The van der Waals surface area contributed by atoms with Crippen molar-refractivity contribution in [2.24, 2.45) is 4.99 Å². The lowest BCUT2D eigenvalue weighted by molar-refractivity contribution is 0.336. The van der Waals surface area contributed by atoms with Crippen molar-refractivity contribution in [3.05, 3.63) is 59.2 Å². The topological polar surface area (TPSA) is 58.5 Å². The Balaban J connectivity index is 0.00000312. The molecule has 1 aromatic carbocycles. The summed E-state index contributed by atoms with van der Waals surface area (Å²) in [6, 6.07) is 9.04. The molecule has 0 amide bonds. The largest absolute Gasteiger partial charge is 0.494 e. The Morgan fingerprint density at radius 3 is 2.68 bits per heavy atom. The van der Waals surface area contributed by atoms with E-state index in [0.717, 1.165) is 16.9 Å². The van der Waals surface area contributed by atoms with Crippen LogP contribution in [0.2, 0.25) is 0 Å². The second kappa shape index (κ2) is 10.9. The van der Waals surface area contributed by atoms with Crippen LogP contribution in [-0.4, -0.2) is 24.6 Å². The molecule has 1 heterocycles. The molecule has 0 unspecified atom stereocenters. The Morgan fingerprint density at radius 2 is 2.00 bits per heavy atom. The predicted molar refractivity (Wildman–Crippen MR) is 109 cm³/mol. The van der Waals surface area contributed by atoms with Crippen molar-refractivity contribution in [2.75, 3.05) is 13.7 Å². The number of hydrogen-bond donors (Lipinski definition) is 2. The van der Waals surface area contributed by atoms with Gasteiger partial charge in [-0.15, -0.1) is 24.0 Å². The van der Waals surface area contributed by atoms with E-state index in [1.165, 1.54) is 6.07 Å². The summed E-state index contributed by atoms with van der Waals surface area (Å²) in [5, 5.41) is 6.26. The van der Waals surface area contributed by atoms with Crippen molar-refractivity contribution in [3.63, 3.8) is 0 Å². The number of benzene rings is 1. The number of pyridine rings is 1. The molecule has 0 bridgehead atoms. The molecule has 0 fully saturated rings. The molecule has 0 atom stereocenters. The highest BCUT2D eigenvalue weighted by molar-refractivity contribution is 14.0. The number of aryl methyl sites for hydroxylation is 1. The molecule has 0 radical (unpaired) electrons. The SMILES string of the molecule is CCOc1cc(C)ccc1CNC(=NC)NCc1ncccc1F.I. The van der Waals surface area contributed by atoms with Crippen LogP contribution in [0.5, 0.6) is 5.75 Å². The molecule has 0 saturated carbocycles. The van der Waals surface area contributed by atoms with E-state index in [1.54, 1.807) is 19.3 Å². The highest BCUT2D eigenvalue weighted by Gasteiger charge is 2.07. The van der Waals surface area contributed by atoms with E-state index in [-0.39, 0.29) is 36.3 Å². The van der Waals surface area contributed by atoms with Gasteiger partial charge in [-0.05, 0) is 37.6 Å². The van der Waals surface area contributed by atoms with Gasteiger partial charge in [0.15, 0.2) is 5.96 Å². The normalized spacial score (nSPS) is 10.8. The molecule has 5 nitrogen and oxygen atoms in total. The van der Waals surface area contributed by atoms with Crippen molar-refractivity contribution in [1.29, 1.82) is 0 Å². The summed E-state index contributed by atoms with van der Waals surface area (Å²) >= 11 is 0. The van der Waals surface area contributed by atoms with Gasteiger partial charge in [0, 0.05) is 25.4 Å². The van der Waals surface area contributed by atoms with Crippen LogP contribution in [0, 0.1) is 12.7 Å². The van der Waals surface area contributed by atoms with E-state index in [9.17, 15) is 4.39 Å². The minimum Gasteiger partial charge on any atom is -0.494 e. The second-order valence-corrected chi connectivity index (χ2v) is 5.26. The van der Waals surface area contributed by atoms with Crippen LogP contribution in [0.4, 0.5) is 4.39 Å². The van der Waals surface area contributed by atoms with Crippen LogP contribution in [0.25, 0.3) is 0 Å². The molecule has 0 saturated heterocycles. The first-order valence-corrected chi connectivity index (χ1v) is 7.90. The zero-order valence-electron chi connectivity index (χ0n) is 14.7. The molecule has 1 aromatic heterocycles. The molecule has 2 aromatic rings. The maximum absolute atomic E-state index is 13.6. The minimum atomic E-state index is -0.336. The number of guanidine groups is 1. The fourth-order valence-electron chi connectivity index (χ4n) is 2.21. The first kappa shape index (κ1) is 21.1. The Hall–Kier alpha value is -1.90. The molecule has 2 N–H and O–H groups in total. The fraction of sp³-hybridized carbons (Fsp3) is 0.333. The van der Waals surface area contributed by atoms with E-state index in [4.69, 9.17) is 4.74 Å². The second-order valence-electron chi connectivity index (χ2n) is 5.26. The van der Waals surface area contributed by atoms with Gasteiger partial charge in [-0.2, -0.15) is 0 Å². The van der Waals surface area contributed by atoms with Crippen LogP contribution >= 0.6 is 24.0 Å². The maximum Gasteiger partial charge on any atom is 0.191 e.